The molecule has 3 N–H and O–H groups in total. The second kappa shape index (κ2) is 10.7. The molecule has 0 heterocycles. The molecule has 0 unspecified atom stereocenters. The predicted octanol–water partition coefficient (Wildman–Crippen LogP) is 2.57. The lowest BCUT2D eigenvalue weighted by Gasteiger charge is -2.24. The van der Waals surface area contributed by atoms with E-state index in [0.717, 1.165) is 18.5 Å². The highest BCUT2D eigenvalue weighted by atomic mass is 19.1. The van der Waals surface area contributed by atoms with Crippen LogP contribution in [0.1, 0.15) is 46.1 Å². The third kappa shape index (κ3) is 8.01. The van der Waals surface area contributed by atoms with Crippen molar-refractivity contribution in [2.45, 2.75) is 46.0 Å². The number of benzene rings is 1. The fourth-order valence-corrected chi connectivity index (χ4v) is 2.27. The number of nitrogens with one attached hydrogen (secondary N) is 3. The van der Waals surface area contributed by atoms with Gasteiger partial charge in [-0.1, -0.05) is 32.9 Å². The normalized spacial score (nSPS) is 12.0. The summed E-state index contributed by atoms with van der Waals surface area (Å²) in [6, 6.07) is 6.62. The number of amides is 1. The Bertz CT molecular complexity index is 572. The van der Waals surface area contributed by atoms with Crippen LogP contribution in [-0.4, -0.2) is 38.0 Å². The topological polar surface area (TPSA) is 65.5 Å². The molecule has 0 spiro atoms. The molecule has 0 bridgehead atoms. The fourth-order valence-electron chi connectivity index (χ4n) is 2.27. The van der Waals surface area contributed by atoms with Crippen LogP contribution < -0.4 is 16.0 Å². The number of hydrogen-bond donors (Lipinski definition) is 3. The third-order valence-electron chi connectivity index (χ3n) is 3.80. The number of nitrogens with zero attached hydrogens (tertiary/aromatic N) is 1. The van der Waals surface area contributed by atoms with E-state index in [0.29, 0.717) is 32.0 Å². The summed E-state index contributed by atoms with van der Waals surface area (Å²) in [5.41, 5.74) is 0.620. The van der Waals surface area contributed by atoms with Gasteiger partial charge in [-0.15, -0.1) is 0 Å². The second-order valence-corrected chi connectivity index (χ2v) is 6.62. The first-order chi connectivity index (χ1) is 11.9. The zero-order valence-corrected chi connectivity index (χ0v) is 15.8. The van der Waals surface area contributed by atoms with Crippen molar-refractivity contribution in [1.29, 1.82) is 0 Å². The fraction of sp³-hybridized carbons (Fsp3) is 0.579. The zero-order valence-electron chi connectivity index (χ0n) is 15.8. The van der Waals surface area contributed by atoms with E-state index in [1.54, 1.807) is 12.1 Å². The molecule has 1 aromatic rings. The first-order valence-corrected chi connectivity index (χ1v) is 8.94. The van der Waals surface area contributed by atoms with Gasteiger partial charge < -0.3 is 16.0 Å². The number of halogens is 1. The number of hydrogen-bond acceptors (Lipinski definition) is 2. The van der Waals surface area contributed by atoms with Crippen LogP contribution in [0.25, 0.3) is 0 Å². The molecule has 1 rings (SSSR count). The molecule has 0 saturated heterocycles. The summed E-state index contributed by atoms with van der Waals surface area (Å²) >= 11 is 0. The van der Waals surface area contributed by atoms with E-state index >= 15 is 0 Å². The molecule has 25 heavy (non-hydrogen) atoms. The largest absolute Gasteiger partial charge is 0.357 e. The molecule has 0 saturated carbocycles. The second-order valence-electron chi connectivity index (χ2n) is 6.62. The molecule has 0 aliphatic rings. The monoisotopic (exact) mass is 350 g/mol. The van der Waals surface area contributed by atoms with Crippen LogP contribution in [0.15, 0.2) is 29.3 Å². The van der Waals surface area contributed by atoms with E-state index in [-0.39, 0.29) is 17.1 Å². The Balaban J connectivity index is 2.60. The van der Waals surface area contributed by atoms with Gasteiger partial charge >= 0.3 is 0 Å². The van der Waals surface area contributed by atoms with Gasteiger partial charge in [0.25, 0.3) is 0 Å². The maximum atomic E-state index is 13.4. The van der Waals surface area contributed by atoms with Crippen molar-refractivity contribution in [2.75, 3.05) is 26.2 Å². The van der Waals surface area contributed by atoms with Gasteiger partial charge in [0, 0.05) is 31.5 Å². The average Bonchev–Trinajstić information content (AvgIpc) is 2.58. The smallest absolute Gasteiger partial charge is 0.221 e. The van der Waals surface area contributed by atoms with Gasteiger partial charge in [0.1, 0.15) is 5.82 Å². The highest BCUT2D eigenvalue weighted by Crippen LogP contribution is 2.24. The van der Waals surface area contributed by atoms with Gasteiger partial charge in [-0.3, -0.25) is 9.79 Å². The Kier molecular flexibility index (Phi) is 8.95. The van der Waals surface area contributed by atoms with Gasteiger partial charge in [0.2, 0.25) is 5.91 Å². The first kappa shape index (κ1) is 20.9. The lowest BCUT2D eigenvalue weighted by molar-refractivity contribution is -0.120. The van der Waals surface area contributed by atoms with Crippen LogP contribution in [0, 0.1) is 5.82 Å². The molecule has 0 radical (unpaired) electrons. The Morgan fingerprint density at radius 2 is 1.92 bits per heavy atom. The lowest BCUT2D eigenvalue weighted by Crippen LogP contribution is -2.40. The summed E-state index contributed by atoms with van der Waals surface area (Å²) in [4.78, 5) is 16.2. The molecule has 1 amide bonds. The highest BCUT2D eigenvalue weighted by Gasteiger charge is 2.21. The van der Waals surface area contributed by atoms with Crippen molar-refractivity contribution in [3.05, 3.63) is 35.6 Å². The van der Waals surface area contributed by atoms with E-state index < -0.39 is 0 Å². The molecule has 0 aliphatic heterocycles. The number of aliphatic imine (C=N–C) groups is 1. The Morgan fingerprint density at radius 1 is 1.16 bits per heavy atom. The molecule has 0 aliphatic carbocycles. The minimum Gasteiger partial charge on any atom is -0.357 e. The van der Waals surface area contributed by atoms with Crippen LogP contribution >= 0.6 is 0 Å². The van der Waals surface area contributed by atoms with Crippen LogP contribution in [0.4, 0.5) is 4.39 Å². The Hall–Kier alpha value is -2.11. The van der Waals surface area contributed by atoms with Crippen LogP contribution in [0.5, 0.6) is 0 Å². The van der Waals surface area contributed by atoms with E-state index in [1.807, 2.05) is 33.8 Å². The Morgan fingerprint density at radius 3 is 2.56 bits per heavy atom. The van der Waals surface area contributed by atoms with Gasteiger partial charge in [0.15, 0.2) is 5.96 Å². The van der Waals surface area contributed by atoms with Gasteiger partial charge in [0.05, 0.1) is 6.54 Å². The first-order valence-electron chi connectivity index (χ1n) is 8.94. The van der Waals surface area contributed by atoms with Crippen LogP contribution in [-0.2, 0) is 10.2 Å². The summed E-state index contributed by atoms with van der Waals surface area (Å²) in [6.07, 6.45) is 1.33. The van der Waals surface area contributed by atoms with Crippen molar-refractivity contribution in [1.82, 2.24) is 16.0 Å². The highest BCUT2D eigenvalue weighted by molar-refractivity contribution is 5.81. The van der Waals surface area contributed by atoms with Crippen molar-refractivity contribution in [3.8, 4) is 0 Å². The number of guanidine groups is 1. The number of rotatable bonds is 9. The molecule has 0 atom stereocenters. The van der Waals surface area contributed by atoms with E-state index in [9.17, 15) is 9.18 Å². The van der Waals surface area contributed by atoms with Gasteiger partial charge in [-0.2, -0.15) is 0 Å². The summed E-state index contributed by atoms with van der Waals surface area (Å²) in [5.74, 6) is 0.457. The SMILES string of the molecule is CCCNC(=O)CCNC(=NCC(C)(C)c1cccc(F)c1)NCC. The maximum Gasteiger partial charge on any atom is 0.221 e. The van der Waals surface area contributed by atoms with Crippen LogP contribution in [0.2, 0.25) is 0 Å². The number of carbonyl (C=O) groups excluding carboxylic acids is 1. The molecule has 0 fully saturated rings. The van der Waals surface area contributed by atoms with Gasteiger partial charge in [-0.25, -0.2) is 4.39 Å². The predicted molar refractivity (Wildman–Crippen MR) is 101 cm³/mol. The summed E-state index contributed by atoms with van der Waals surface area (Å²) in [7, 11) is 0. The van der Waals surface area contributed by atoms with E-state index in [1.165, 1.54) is 6.07 Å². The summed E-state index contributed by atoms with van der Waals surface area (Å²) in [6.45, 7) is 10.5. The molecule has 6 heteroatoms. The molecular formula is C19H31FN4O. The molecular weight excluding hydrogens is 319 g/mol. The van der Waals surface area contributed by atoms with Crippen molar-refractivity contribution < 1.29 is 9.18 Å². The van der Waals surface area contributed by atoms with Crippen molar-refractivity contribution >= 4 is 11.9 Å². The third-order valence-corrected chi connectivity index (χ3v) is 3.80. The van der Waals surface area contributed by atoms with E-state index in [2.05, 4.69) is 20.9 Å². The zero-order chi connectivity index (χ0) is 18.7. The van der Waals surface area contributed by atoms with Crippen LogP contribution in [0.3, 0.4) is 0 Å². The summed E-state index contributed by atoms with van der Waals surface area (Å²) < 4.78 is 13.4. The average molecular weight is 350 g/mol. The van der Waals surface area contributed by atoms with E-state index in [4.69, 9.17) is 0 Å². The quantitative estimate of drug-likeness (QED) is 0.474. The Labute approximate surface area is 150 Å². The minimum atomic E-state index is -0.289. The summed E-state index contributed by atoms with van der Waals surface area (Å²) in [5, 5.41) is 9.18. The standard InChI is InChI=1S/C19H31FN4O/c1-5-11-22-17(25)10-12-23-18(21-6-2)24-14-19(3,4)15-8-7-9-16(20)13-15/h7-9,13H,5-6,10-12,14H2,1-4H3,(H,22,25)(H2,21,23,24). The lowest BCUT2D eigenvalue weighted by atomic mass is 9.85. The minimum absolute atomic E-state index is 0.0327. The maximum absolute atomic E-state index is 13.4. The molecule has 140 valence electrons. The molecule has 1 aromatic carbocycles. The van der Waals surface area contributed by atoms with Gasteiger partial charge in [-0.05, 0) is 31.0 Å². The van der Waals surface area contributed by atoms with Crippen molar-refractivity contribution in [3.63, 3.8) is 0 Å². The molecule has 0 aromatic heterocycles. The number of carbonyl (C=O) groups is 1. The molecule has 5 nitrogen and oxygen atoms in total. The van der Waals surface area contributed by atoms with Crippen molar-refractivity contribution in [2.24, 2.45) is 4.99 Å².